The van der Waals surface area contributed by atoms with Crippen LogP contribution in [0.15, 0.2) is 41.2 Å². The second-order valence-corrected chi connectivity index (χ2v) is 7.18. The predicted octanol–water partition coefficient (Wildman–Crippen LogP) is 3.53. The first kappa shape index (κ1) is 21.2. The average molecular weight is 407 g/mol. The van der Waals surface area contributed by atoms with Crippen LogP contribution in [0.5, 0.6) is 0 Å². The number of rotatable bonds is 6. The van der Waals surface area contributed by atoms with Gasteiger partial charge in [0.2, 0.25) is 5.91 Å². The molecule has 0 aliphatic rings. The van der Waals surface area contributed by atoms with E-state index in [0.717, 1.165) is 16.6 Å². The zero-order valence-electron chi connectivity index (χ0n) is 17.6. The summed E-state index contributed by atoms with van der Waals surface area (Å²) in [6.07, 6.45) is 0.106. The van der Waals surface area contributed by atoms with E-state index in [1.54, 1.807) is 42.7 Å². The maximum absolute atomic E-state index is 12.6. The van der Waals surface area contributed by atoms with Gasteiger partial charge in [-0.2, -0.15) is 0 Å². The van der Waals surface area contributed by atoms with Crippen molar-refractivity contribution in [1.82, 2.24) is 9.55 Å². The summed E-state index contributed by atoms with van der Waals surface area (Å²) in [5.74, 6) is -0.695. The summed E-state index contributed by atoms with van der Waals surface area (Å²) in [6, 6.07) is 10.5. The molecule has 0 saturated carbocycles. The van der Waals surface area contributed by atoms with Gasteiger partial charge in [-0.3, -0.25) is 9.59 Å². The maximum Gasteiger partial charge on any atom is 0.338 e. The molecule has 0 aliphatic heterocycles. The van der Waals surface area contributed by atoms with Gasteiger partial charge in [-0.1, -0.05) is 6.07 Å². The number of hydrogen-bond acceptors (Lipinski definition) is 5. The Hall–Kier alpha value is -3.48. The van der Waals surface area contributed by atoms with Gasteiger partial charge >= 0.3 is 5.97 Å². The Kier molecular flexibility index (Phi) is 6.30. The highest BCUT2D eigenvalue weighted by Crippen LogP contribution is 2.18. The van der Waals surface area contributed by atoms with Crippen LogP contribution in [0.2, 0.25) is 0 Å². The first-order chi connectivity index (χ1) is 14.3. The highest BCUT2D eigenvalue weighted by atomic mass is 16.5. The first-order valence-corrected chi connectivity index (χ1v) is 9.85. The molecule has 0 spiro atoms. The Balaban J connectivity index is 1.78. The van der Waals surface area contributed by atoms with Crippen LogP contribution in [0.25, 0.3) is 11.0 Å². The van der Waals surface area contributed by atoms with Crippen molar-refractivity contribution in [1.29, 1.82) is 0 Å². The predicted molar refractivity (Wildman–Crippen MR) is 116 cm³/mol. The standard InChI is InChI=1S/C23H25N3O4/c1-5-30-23(29)17-7-6-8-18(13-17)25-21(27)9-10-26-20-12-15(3)14(2)11-19(20)24-16(4)22(26)28/h6-8,11-13H,5,9-10H2,1-4H3,(H,25,27). The molecule has 1 amide bonds. The van der Waals surface area contributed by atoms with E-state index in [9.17, 15) is 14.4 Å². The number of fused-ring (bicyclic) bond motifs is 1. The summed E-state index contributed by atoms with van der Waals surface area (Å²) in [5.41, 5.74) is 4.66. The highest BCUT2D eigenvalue weighted by molar-refractivity contribution is 5.94. The van der Waals surface area contributed by atoms with E-state index >= 15 is 0 Å². The lowest BCUT2D eigenvalue weighted by atomic mass is 10.1. The number of amides is 1. The molecule has 7 heteroatoms. The van der Waals surface area contributed by atoms with Crippen molar-refractivity contribution in [2.45, 2.75) is 40.7 Å². The Morgan fingerprint density at radius 1 is 1.10 bits per heavy atom. The second-order valence-electron chi connectivity index (χ2n) is 7.18. The highest BCUT2D eigenvalue weighted by Gasteiger charge is 2.12. The fourth-order valence-electron chi connectivity index (χ4n) is 3.22. The monoisotopic (exact) mass is 407 g/mol. The van der Waals surface area contributed by atoms with Crippen LogP contribution in [-0.2, 0) is 16.1 Å². The summed E-state index contributed by atoms with van der Waals surface area (Å²) >= 11 is 0. The summed E-state index contributed by atoms with van der Waals surface area (Å²) in [5, 5.41) is 2.77. The number of carbonyl (C=O) groups is 2. The third kappa shape index (κ3) is 4.56. The number of hydrogen-bond donors (Lipinski definition) is 1. The Bertz CT molecular complexity index is 1180. The molecule has 0 bridgehead atoms. The van der Waals surface area contributed by atoms with Crippen molar-refractivity contribution >= 4 is 28.6 Å². The molecule has 3 rings (SSSR count). The lowest BCUT2D eigenvalue weighted by Gasteiger charge is -2.13. The molecule has 3 aromatic rings. The normalized spacial score (nSPS) is 10.8. The van der Waals surface area contributed by atoms with Gasteiger partial charge in [0.05, 0.1) is 23.2 Å². The first-order valence-electron chi connectivity index (χ1n) is 9.85. The smallest absolute Gasteiger partial charge is 0.338 e. The van der Waals surface area contributed by atoms with E-state index in [0.29, 0.717) is 22.5 Å². The van der Waals surface area contributed by atoms with E-state index < -0.39 is 5.97 Å². The van der Waals surface area contributed by atoms with Crippen LogP contribution in [0.4, 0.5) is 5.69 Å². The number of ether oxygens (including phenoxy) is 1. The van der Waals surface area contributed by atoms with E-state index in [4.69, 9.17) is 4.74 Å². The quantitative estimate of drug-likeness (QED) is 0.632. The maximum atomic E-state index is 12.6. The minimum atomic E-state index is -0.440. The molecule has 7 nitrogen and oxygen atoms in total. The fraction of sp³-hybridized carbons (Fsp3) is 0.304. The summed E-state index contributed by atoms with van der Waals surface area (Å²) in [4.78, 5) is 41.4. The Morgan fingerprint density at radius 3 is 2.57 bits per heavy atom. The second kappa shape index (κ2) is 8.90. The van der Waals surface area contributed by atoms with Gasteiger partial charge in [0.1, 0.15) is 5.69 Å². The largest absolute Gasteiger partial charge is 0.462 e. The van der Waals surface area contributed by atoms with Gasteiger partial charge in [-0.05, 0) is 69.2 Å². The lowest BCUT2D eigenvalue weighted by Crippen LogP contribution is -2.26. The van der Waals surface area contributed by atoms with Crippen molar-refractivity contribution < 1.29 is 14.3 Å². The average Bonchev–Trinajstić information content (AvgIpc) is 2.70. The number of nitrogens with one attached hydrogen (secondary N) is 1. The molecular weight excluding hydrogens is 382 g/mol. The number of aromatic nitrogens is 2. The van der Waals surface area contributed by atoms with Crippen molar-refractivity contribution in [3.05, 3.63) is 69.1 Å². The zero-order chi connectivity index (χ0) is 21.8. The van der Waals surface area contributed by atoms with Gasteiger partial charge < -0.3 is 14.6 Å². The molecule has 0 unspecified atom stereocenters. The third-order valence-electron chi connectivity index (χ3n) is 4.94. The SMILES string of the molecule is CCOC(=O)c1cccc(NC(=O)CCn2c(=O)c(C)nc3cc(C)c(C)cc32)c1. The molecule has 0 radical (unpaired) electrons. The molecule has 0 atom stereocenters. The van der Waals surface area contributed by atoms with Crippen LogP contribution >= 0.6 is 0 Å². The van der Waals surface area contributed by atoms with E-state index in [-0.39, 0.29) is 31.0 Å². The number of aryl methyl sites for hydroxylation is 4. The lowest BCUT2D eigenvalue weighted by molar-refractivity contribution is -0.116. The van der Waals surface area contributed by atoms with Crippen LogP contribution in [0.1, 0.15) is 40.5 Å². The van der Waals surface area contributed by atoms with Crippen molar-refractivity contribution in [3.8, 4) is 0 Å². The molecule has 1 N–H and O–H groups in total. The van der Waals surface area contributed by atoms with Crippen molar-refractivity contribution in [2.24, 2.45) is 0 Å². The summed E-state index contributed by atoms with van der Waals surface area (Å²) in [6.45, 7) is 7.89. The van der Waals surface area contributed by atoms with Gasteiger partial charge in [-0.25, -0.2) is 9.78 Å². The van der Waals surface area contributed by atoms with Crippen LogP contribution in [0.3, 0.4) is 0 Å². The third-order valence-corrected chi connectivity index (χ3v) is 4.94. The molecule has 0 saturated heterocycles. The van der Waals surface area contributed by atoms with Crippen LogP contribution < -0.4 is 10.9 Å². The van der Waals surface area contributed by atoms with Crippen LogP contribution in [0, 0.1) is 20.8 Å². The number of esters is 1. The molecule has 0 aliphatic carbocycles. The Labute approximate surface area is 174 Å². The number of carbonyl (C=O) groups excluding carboxylic acids is 2. The number of anilines is 1. The van der Waals surface area contributed by atoms with Crippen LogP contribution in [-0.4, -0.2) is 28.0 Å². The minimum absolute atomic E-state index is 0.106. The molecule has 30 heavy (non-hydrogen) atoms. The summed E-state index contributed by atoms with van der Waals surface area (Å²) < 4.78 is 6.58. The molecule has 1 heterocycles. The molecule has 2 aromatic carbocycles. The Morgan fingerprint density at radius 2 is 1.83 bits per heavy atom. The van der Waals surface area contributed by atoms with E-state index in [1.807, 2.05) is 26.0 Å². The van der Waals surface area contributed by atoms with Crippen molar-refractivity contribution in [2.75, 3.05) is 11.9 Å². The molecule has 1 aromatic heterocycles. The van der Waals surface area contributed by atoms with Gasteiger partial charge in [0.25, 0.3) is 5.56 Å². The fourth-order valence-corrected chi connectivity index (χ4v) is 3.22. The topological polar surface area (TPSA) is 90.3 Å². The van der Waals surface area contributed by atoms with Gasteiger partial charge in [0.15, 0.2) is 0 Å². The zero-order valence-corrected chi connectivity index (χ0v) is 17.6. The minimum Gasteiger partial charge on any atom is -0.462 e. The molecule has 156 valence electrons. The summed E-state index contributed by atoms with van der Waals surface area (Å²) in [7, 11) is 0. The van der Waals surface area contributed by atoms with Crippen molar-refractivity contribution in [3.63, 3.8) is 0 Å². The molecule has 0 fully saturated rings. The van der Waals surface area contributed by atoms with E-state index in [2.05, 4.69) is 10.3 Å². The molecular formula is C23H25N3O4. The van der Waals surface area contributed by atoms with Gasteiger partial charge in [0, 0.05) is 18.7 Å². The van der Waals surface area contributed by atoms with E-state index in [1.165, 1.54) is 0 Å². The number of nitrogens with zero attached hydrogens (tertiary/aromatic N) is 2. The number of benzene rings is 2. The van der Waals surface area contributed by atoms with Gasteiger partial charge in [-0.15, -0.1) is 0 Å².